The fourth-order valence-electron chi connectivity index (χ4n) is 3.90. The summed E-state index contributed by atoms with van der Waals surface area (Å²) in [5.74, 6) is -0.769. The zero-order chi connectivity index (χ0) is 21.3. The van der Waals surface area contributed by atoms with Crippen LogP contribution in [0.2, 0.25) is 10.0 Å². The molecule has 1 aliphatic rings. The standard InChI is InChI=1S/C21H20Cl2N2O4/c1-11-14(10-24)20(27)25(13-6-4-3-5-7-13)21(28)17(11)18(26)12-8-15(22)19(29-2)16(23)9-12/h8-9,13,28H,3-7H2,1-2H3. The van der Waals surface area contributed by atoms with Crippen LogP contribution in [-0.4, -0.2) is 22.6 Å². The second-order valence-electron chi connectivity index (χ2n) is 7.08. The number of pyridine rings is 1. The quantitative estimate of drug-likeness (QED) is 0.698. The van der Waals surface area contributed by atoms with Gasteiger partial charge in [-0.05, 0) is 37.5 Å². The maximum absolute atomic E-state index is 13.3. The predicted molar refractivity (Wildman–Crippen MR) is 110 cm³/mol. The molecule has 1 aliphatic carbocycles. The highest BCUT2D eigenvalue weighted by Crippen LogP contribution is 2.37. The Hall–Kier alpha value is -2.49. The van der Waals surface area contributed by atoms with E-state index in [-0.39, 0.29) is 44.1 Å². The summed E-state index contributed by atoms with van der Waals surface area (Å²) in [6.07, 6.45) is 4.29. The lowest BCUT2D eigenvalue weighted by molar-refractivity contribution is 0.103. The van der Waals surface area contributed by atoms with E-state index >= 15 is 0 Å². The van der Waals surface area contributed by atoms with Gasteiger partial charge in [-0.3, -0.25) is 14.2 Å². The maximum Gasteiger partial charge on any atom is 0.271 e. The first-order valence-electron chi connectivity index (χ1n) is 9.27. The summed E-state index contributed by atoms with van der Waals surface area (Å²) < 4.78 is 6.30. The third-order valence-corrected chi connectivity index (χ3v) is 5.94. The maximum atomic E-state index is 13.3. The van der Waals surface area contributed by atoms with E-state index < -0.39 is 17.2 Å². The highest BCUT2D eigenvalue weighted by Gasteiger charge is 2.29. The minimum absolute atomic E-state index is 0.0935. The summed E-state index contributed by atoms with van der Waals surface area (Å²) in [6, 6.07) is 4.41. The molecule has 3 rings (SSSR count). The summed E-state index contributed by atoms with van der Waals surface area (Å²) in [4.78, 5) is 26.1. The summed E-state index contributed by atoms with van der Waals surface area (Å²) in [6.45, 7) is 1.48. The van der Waals surface area contributed by atoms with Gasteiger partial charge in [-0.15, -0.1) is 0 Å². The van der Waals surface area contributed by atoms with Crippen LogP contribution in [0.1, 0.15) is 65.2 Å². The average Bonchev–Trinajstić information content (AvgIpc) is 2.68. The first-order chi connectivity index (χ1) is 13.8. The van der Waals surface area contributed by atoms with Crippen molar-refractivity contribution in [3.05, 3.63) is 54.8 Å². The molecule has 2 aromatic rings. The van der Waals surface area contributed by atoms with E-state index in [0.29, 0.717) is 12.8 Å². The van der Waals surface area contributed by atoms with Gasteiger partial charge in [0.25, 0.3) is 5.56 Å². The van der Waals surface area contributed by atoms with Gasteiger partial charge in [0.1, 0.15) is 11.6 Å². The van der Waals surface area contributed by atoms with E-state index in [9.17, 15) is 20.0 Å². The lowest BCUT2D eigenvalue weighted by Gasteiger charge is -2.26. The molecule has 6 nitrogen and oxygen atoms in total. The molecule has 0 amide bonds. The summed E-state index contributed by atoms with van der Waals surface area (Å²) >= 11 is 12.3. The molecule has 29 heavy (non-hydrogen) atoms. The van der Waals surface area contributed by atoms with Crippen LogP contribution in [0, 0.1) is 18.3 Å². The van der Waals surface area contributed by atoms with E-state index in [1.807, 2.05) is 6.07 Å². The molecule has 1 aromatic carbocycles. The Balaban J connectivity index is 2.23. The number of hydrogen-bond donors (Lipinski definition) is 1. The number of aromatic nitrogens is 1. The van der Waals surface area contributed by atoms with Crippen LogP contribution in [0.15, 0.2) is 16.9 Å². The molecular weight excluding hydrogens is 415 g/mol. The van der Waals surface area contributed by atoms with Gasteiger partial charge in [0.15, 0.2) is 11.5 Å². The Morgan fingerprint density at radius 3 is 2.34 bits per heavy atom. The molecule has 152 valence electrons. The molecule has 1 fully saturated rings. The van der Waals surface area contributed by atoms with Crippen LogP contribution in [0.25, 0.3) is 0 Å². The van der Waals surface area contributed by atoms with Gasteiger partial charge in [0.05, 0.1) is 22.7 Å². The summed E-state index contributed by atoms with van der Waals surface area (Å²) in [5, 5.41) is 20.7. The van der Waals surface area contributed by atoms with Crippen molar-refractivity contribution in [3.63, 3.8) is 0 Å². The van der Waals surface area contributed by atoms with E-state index in [1.165, 1.54) is 30.7 Å². The van der Waals surface area contributed by atoms with Crippen molar-refractivity contribution >= 4 is 29.0 Å². The zero-order valence-electron chi connectivity index (χ0n) is 16.1. The lowest BCUT2D eigenvalue weighted by Crippen LogP contribution is -2.31. The number of benzene rings is 1. The molecule has 0 unspecified atom stereocenters. The number of carbonyl (C=O) groups excluding carboxylic acids is 1. The molecule has 0 atom stereocenters. The van der Waals surface area contributed by atoms with Crippen LogP contribution in [0.3, 0.4) is 0 Å². The van der Waals surface area contributed by atoms with E-state index in [4.69, 9.17) is 27.9 Å². The minimum atomic E-state index is -0.576. The smallest absolute Gasteiger partial charge is 0.271 e. The Labute approximate surface area is 178 Å². The van der Waals surface area contributed by atoms with Gasteiger partial charge in [-0.2, -0.15) is 5.26 Å². The lowest BCUT2D eigenvalue weighted by atomic mass is 9.93. The molecule has 0 bridgehead atoms. The number of methoxy groups -OCH3 is 1. The third-order valence-electron chi connectivity index (χ3n) is 5.38. The summed E-state index contributed by atoms with van der Waals surface area (Å²) in [7, 11) is 1.41. The number of nitriles is 1. The third kappa shape index (κ3) is 3.73. The number of aromatic hydroxyl groups is 1. The monoisotopic (exact) mass is 434 g/mol. The SMILES string of the molecule is COc1c(Cl)cc(C(=O)c2c(C)c(C#N)c(=O)n(C3CCCCC3)c2O)cc1Cl. The molecule has 1 aromatic heterocycles. The molecule has 0 spiro atoms. The molecule has 1 saturated carbocycles. The van der Waals surface area contributed by atoms with Crippen molar-refractivity contribution < 1.29 is 14.6 Å². The van der Waals surface area contributed by atoms with Crippen LogP contribution in [0.4, 0.5) is 0 Å². The topological polar surface area (TPSA) is 92.3 Å². The van der Waals surface area contributed by atoms with Gasteiger partial charge in [-0.25, -0.2) is 0 Å². The largest absolute Gasteiger partial charge is 0.494 e. The second-order valence-corrected chi connectivity index (χ2v) is 7.89. The van der Waals surface area contributed by atoms with E-state index in [2.05, 4.69) is 0 Å². The predicted octanol–water partition coefficient (Wildman–Crippen LogP) is 4.79. The number of ketones is 1. The van der Waals surface area contributed by atoms with Crippen molar-refractivity contribution in [3.8, 4) is 17.7 Å². The minimum Gasteiger partial charge on any atom is -0.494 e. The molecule has 0 radical (unpaired) electrons. The van der Waals surface area contributed by atoms with Crippen molar-refractivity contribution in [2.24, 2.45) is 0 Å². The Morgan fingerprint density at radius 2 is 1.83 bits per heavy atom. The molecule has 1 N–H and O–H groups in total. The number of halogens is 2. The van der Waals surface area contributed by atoms with Crippen LogP contribution in [-0.2, 0) is 0 Å². The number of carbonyl (C=O) groups is 1. The zero-order valence-corrected chi connectivity index (χ0v) is 17.6. The van der Waals surface area contributed by atoms with Crippen LogP contribution >= 0.6 is 23.2 Å². The van der Waals surface area contributed by atoms with Gasteiger partial charge < -0.3 is 9.84 Å². The van der Waals surface area contributed by atoms with Crippen LogP contribution in [0.5, 0.6) is 11.6 Å². The molecule has 0 saturated heterocycles. The van der Waals surface area contributed by atoms with Crippen molar-refractivity contribution in [2.45, 2.75) is 45.1 Å². The highest BCUT2D eigenvalue weighted by molar-refractivity contribution is 6.38. The van der Waals surface area contributed by atoms with Gasteiger partial charge >= 0.3 is 0 Å². The Bertz CT molecular complexity index is 1060. The van der Waals surface area contributed by atoms with Gasteiger partial charge in [0, 0.05) is 11.6 Å². The number of hydrogen-bond acceptors (Lipinski definition) is 5. The molecular formula is C21H20Cl2N2O4. The van der Waals surface area contributed by atoms with E-state index in [1.54, 1.807) is 0 Å². The normalized spacial score (nSPS) is 14.4. The van der Waals surface area contributed by atoms with Crippen LogP contribution < -0.4 is 10.3 Å². The van der Waals surface area contributed by atoms with Crippen molar-refractivity contribution in [2.75, 3.05) is 7.11 Å². The fraction of sp³-hybridized carbons (Fsp3) is 0.381. The van der Waals surface area contributed by atoms with Gasteiger partial charge in [0.2, 0.25) is 5.88 Å². The Morgan fingerprint density at radius 1 is 1.24 bits per heavy atom. The number of rotatable bonds is 4. The number of nitrogens with zero attached hydrogens (tertiary/aromatic N) is 2. The van der Waals surface area contributed by atoms with Gasteiger partial charge in [-0.1, -0.05) is 42.5 Å². The van der Waals surface area contributed by atoms with Crippen molar-refractivity contribution in [1.29, 1.82) is 5.26 Å². The van der Waals surface area contributed by atoms with Crippen molar-refractivity contribution in [1.82, 2.24) is 4.57 Å². The molecule has 0 aliphatic heterocycles. The molecule has 8 heteroatoms. The first kappa shape index (κ1) is 21.2. The highest BCUT2D eigenvalue weighted by atomic mass is 35.5. The second kappa shape index (κ2) is 8.48. The fourth-order valence-corrected chi connectivity index (χ4v) is 4.54. The number of ether oxygens (including phenoxy) is 1. The molecule has 1 heterocycles. The average molecular weight is 435 g/mol. The first-order valence-corrected chi connectivity index (χ1v) is 10.0. The Kier molecular flexibility index (Phi) is 6.21. The van der Waals surface area contributed by atoms with E-state index in [0.717, 1.165) is 19.3 Å². The summed E-state index contributed by atoms with van der Waals surface area (Å²) in [5.41, 5.74) is -0.560.